The van der Waals surface area contributed by atoms with Gasteiger partial charge in [0.25, 0.3) is 0 Å². The molecule has 16 heavy (non-hydrogen) atoms. The molecule has 0 heterocycles. The normalized spacial score (nSPS) is 9.81. The summed E-state index contributed by atoms with van der Waals surface area (Å²) >= 11 is 0. The van der Waals surface area contributed by atoms with E-state index < -0.39 is 5.91 Å². The lowest BCUT2D eigenvalue weighted by Crippen LogP contribution is -2.31. The van der Waals surface area contributed by atoms with Crippen molar-refractivity contribution < 1.29 is 9.59 Å². The third-order valence-electron chi connectivity index (χ3n) is 2.11. The van der Waals surface area contributed by atoms with Crippen LogP contribution in [0.4, 0.5) is 0 Å². The van der Waals surface area contributed by atoms with E-state index in [-0.39, 0.29) is 12.5 Å². The highest BCUT2D eigenvalue weighted by Gasteiger charge is 2.01. The number of hydrogen-bond donors (Lipinski definition) is 3. The van der Waals surface area contributed by atoms with Crippen LogP contribution >= 0.6 is 0 Å². The Kier molecular flexibility index (Phi) is 4.47. The summed E-state index contributed by atoms with van der Waals surface area (Å²) in [5.41, 5.74) is 6.55. The van der Waals surface area contributed by atoms with Gasteiger partial charge in [-0.3, -0.25) is 9.59 Å². The molecular weight excluding hydrogens is 206 g/mol. The second-order valence-corrected chi connectivity index (χ2v) is 3.34. The molecule has 4 N–H and O–H groups in total. The molecule has 0 aromatic heterocycles. The summed E-state index contributed by atoms with van der Waals surface area (Å²) in [6.07, 6.45) is 0. The molecule has 0 aliphatic rings. The number of nitrogens with one attached hydrogen (secondary N) is 2. The Morgan fingerprint density at radius 1 is 1.38 bits per heavy atom. The highest BCUT2D eigenvalue weighted by atomic mass is 16.2. The van der Waals surface area contributed by atoms with E-state index in [1.165, 1.54) is 0 Å². The molecule has 0 bridgehead atoms. The molecule has 0 atom stereocenters. The first-order valence-electron chi connectivity index (χ1n) is 4.93. The third-order valence-corrected chi connectivity index (χ3v) is 2.11. The van der Waals surface area contributed by atoms with Gasteiger partial charge in [-0.15, -0.1) is 0 Å². The molecule has 5 nitrogen and oxygen atoms in total. The monoisotopic (exact) mass is 221 g/mol. The topological polar surface area (TPSA) is 84.2 Å². The van der Waals surface area contributed by atoms with Crippen molar-refractivity contribution in [2.24, 2.45) is 5.73 Å². The molecule has 0 aliphatic heterocycles. The average Bonchev–Trinajstić information content (AvgIpc) is 2.29. The van der Waals surface area contributed by atoms with Crippen LogP contribution in [0.15, 0.2) is 24.3 Å². The Hall–Kier alpha value is -1.88. The van der Waals surface area contributed by atoms with Crippen molar-refractivity contribution in [1.29, 1.82) is 0 Å². The molecule has 86 valence electrons. The first kappa shape index (κ1) is 12.2. The second-order valence-electron chi connectivity index (χ2n) is 3.34. The fraction of sp³-hybridized carbons (Fsp3) is 0.273. The summed E-state index contributed by atoms with van der Waals surface area (Å²) < 4.78 is 0. The first-order chi connectivity index (χ1) is 7.63. The van der Waals surface area contributed by atoms with Crippen molar-refractivity contribution in [2.75, 3.05) is 13.6 Å². The molecule has 0 radical (unpaired) electrons. The van der Waals surface area contributed by atoms with Crippen molar-refractivity contribution in [1.82, 2.24) is 10.6 Å². The summed E-state index contributed by atoms with van der Waals surface area (Å²) in [4.78, 5) is 21.8. The summed E-state index contributed by atoms with van der Waals surface area (Å²) in [5.74, 6) is -0.529. The Morgan fingerprint density at radius 3 is 2.75 bits per heavy atom. The minimum Gasteiger partial charge on any atom is -0.366 e. The van der Waals surface area contributed by atoms with Crippen molar-refractivity contribution in [3.8, 4) is 0 Å². The van der Waals surface area contributed by atoms with Crippen molar-refractivity contribution in [2.45, 2.75) is 6.54 Å². The number of carbonyl (C=O) groups is 2. The lowest BCUT2D eigenvalue weighted by molar-refractivity contribution is -0.119. The van der Waals surface area contributed by atoms with E-state index in [9.17, 15) is 9.59 Å². The number of hydrogen-bond acceptors (Lipinski definition) is 3. The Balaban J connectivity index is 2.51. The average molecular weight is 221 g/mol. The smallest absolute Gasteiger partial charge is 0.248 e. The maximum atomic E-state index is 10.9. The molecule has 0 saturated heterocycles. The molecule has 1 aromatic rings. The minimum absolute atomic E-state index is 0.0777. The van der Waals surface area contributed by atoms with Crippen LogP contribution in [-0.4, -0.2) is 25.4 Å². The Bertz CT molecular complexity index is 391. The molecule has 0 unspecified atom stereocenters. The molecular formula is C11H15N3O2. The van der Waals surface area contributed by atoms with Crippen LogP contribution in [0, 0.1) is 0 Å². The quantitative estimate of drug-likeness (QED) is 0.633. The Morgan fingerprint density at radius 2 is 2.12 bits per heavy atom. The molecule has 0 aliphatic carbocycles. The predicted octanol–water partition coefficient (Wildman–Crippen LogP) is -0.379. The summed E-state index contributed by atoms with van der Waals surface area (Å²) in [5, 5.41) is 5.46. The Labute approximate surface area is 94.0 Å². The second kappa shape index (κ2) is 5.87. The van der Waals surface area contributed by atoms with Gasteiger partial charge in [0.05, 0.1) is 6.54 Å². The fourth-order valence-electron chi connectivity index (χ4n) is 1.24. The molecule has 1 rings (SSSR count). The van der Waals surface area contributed by atoms with E-state index in [1.807, 2.05) is 6.07 Å². The van der Waals surface area contributed by atoms with Crippen LogP contribution in [0.2, 0.25) is 0 Å². The van der Waals surface area contributed by atoms with Gasteiger partial charge in [0, 0.05) is 19.2 Å². The van der Waals surface area contributed by atoms with Crippen LogP contribution in [0.5, 0.6) is 0 Å². The number of carbonyl (C=O) groups excluding carboxylic acids is 2. The molecule has 0 spiro atoms. The van der Waals surface area contributed by atoms with Crippen molar-refractivity contribution in [3.63, 3.8) is 0 Å². The lowest BCUT2D eigenvalue weighted by atomic mass is 10.1. The number of nitrogens with two attached hydrogens (primary N) is 1. The van der Waals surface area contributed by atoms with Crippen LogP contribution in [0.25, 0.3) is 0 Å². The van der Waals surface area contributed by atoms with Gasteiger partial charge in [0.2, 0.25) is 11.8 Å². The molecule has 0 fully saturated rings. The zero-order valence-corrected chi connectivity index (χ0v) is 9.12. The van der Waals surface area contributed by atoms with Gasteiger partial charge in [-0.25, -0.2) is 0 Å². The van der Waals surface area contributed by atoms with Gasteiger partial charge in [-0.2, -0.15) is 0 Å². The number of likely N-dealkylation sites (N-methyl/N-ethyl adjacent to an activating group) is 1. The highest BCUT2D eigenvalue weighted by Crippen LogP contribution is 2.03. The van der Waals surface area contributed by atoms with Gasteiger partial charge in [-0.1, -0.05) is 12.1 Å². The summed E-state index contributed by atoms with van der Waals surface area (Å²) in [6, 6.07) is 6.99. The third kappa shape index (κ3) is 3.70. The van der Waals surface area contributed by atoms with Gasteiger partial charge < -0.3 is 16.4 Å². The minimum atomic E-state index is -0.451. The predicted molar refractivity (Wildman–Crippen MR) is 60.7 cm³/mol. The first-order valence-corrected chi connectivity index (χ1v) is 4.93. The van der Waals surface area contributed by atoms with E-state index in [4.69, 9.17) is 5.73 Å². The number of primary amides is 1. The van der Waals surface area contributed by atoms with Crippen molar-refractivity contribution >= 4 is 11.8 Å². The molecule has 1 aromatic carbocycles. The maximum absolute atomic E-state index is 10.9. The van der Waals surface area contributed by atoms with Crippen LogP contribution in [-0.2, 0) is 11.3 Å². The number of benzene rings is 1. The number of rotatable bonds is 5. The summed E-state index contributed by atoms with van der Waals surface area (Å²) in [6.45, 7) is 0.770. The molecule has 2 amide bonds. The standard InChI is InChI=1S/C11H15N3O2/c1-13-10(15)7-14-6-8-3-2-4-9(5-8)11(12)16/h2-5,14H,6-7H2,1H3,(H2,12,16)(H,13,15). The van der Waals surface area contributed by atoms with E-state index in [1.54, 1.807) is 25.2 Å². The number of amides is 2. The zero-order valence-electron chi connectivity index (χ0n) is 9.12. The molecule has 5 heteroatoms. The highest BCUT2D eigenvalue weighted by molar-refractivity contribution is 5.92. The van der Waals surface area contributed by atoms with Gasteiger partial charge >= 0.3 is 0 Å². The van der Waals surface area contributed by atoms with E-state index >= 15 is 0 Å². The van der Waals surface area contributed by atoms with Crippen LogP contribution in [0.3, 0.4) is 0 Å². The zero-order chi connectivity index (χ0) is 12.0. The van der Waals surface area contributed by atoms with Crippen LogP contribution < -0.4 is 16.4 Å². The van der Waals surface area contributed by atoms with E-state index in [2.05, 4.69) is 10.6 Å². The maximum Gasteiger partial charge on any atom is 0.248 e. The van der Waals surface area contributed by atoms with Gasteiger partial charge in [0.15, 0.2) is 0 Å². The largest absolute Gasteiger partial charge is 0.366 e. The summed E-state index contributed by atoms with van der Waals surface area (Å²) in [7, 11) is 1.58. The van der Waals surface area contributed by atoms with Gasteiger partial charge in [-0.05, 0) is 17.7 Å². The lowest BCUT2D eigenvalue weighted by Gasteiger charge is -2.05. The molecule has 0 saturated carbocycles. The van der Waals surface area contributed by atoms with Crippen molar-refractivity contribution in [3.05, 3.63) is 35.4 Å². The van der Waals surface area contributed by atoms with Crippen LogP contribution in [0.1, 0.15) is 15.9 Å². The van der Waals surface area contributed by atoms with Gasteiger partial charge in [0.1, 0.15) is 0 Å². The van der Waals surface area contributed by atoms with E-state index in [0.717, 1.165) is 5.56 Å². The SMILES string of the molecule is CNC(=O)CNCc1cccc(C(N)=O)c1. The fourth-order valence-corrected chi connectivity index (χ4v) is 1.24. The van der Waals surface area contributed by atoms with E-state index in [0.29, 0.717) is 12.1 Å².